The summed E-state index contributed by atoms with van der Waals surface area (Å²) in [6.45, 7) is 0. The molecule has 45 heavy (non-hydrogen) atoms. The Kier molecular flexibility index (Phi) is 6.70. The quantitative estimate of drug-likeness (QED) is 0.203. The van der Waals surface area contributed by atoms with Gasteiger partial charge in [-0.2, -0.15) is 0 Å². The lowest BCUT2D eigenvalue weighted by Gasteiger charge is -2.19. The SMILES string of the molecule is Oc1cc(-c2cccc(-c3ccc(-c4ccccc4)cc3)c2)cc(-c2c(-c3ccccc3)c3ccccc3c3ccccc23)c1. The summed E-state index contributed by atoms with van der Waals surface area (Å²) in [6.07, 6.45) is 0. The number of phenols is 1. The van der Waals surface area contributed by atoms with Gasteiger partial charge in [0.15, 0.2) is 0 Å². The van der Waals surface area contributed by atoms with E-state index in [0.717, 1.165) is 38.9 Å². The molecule has 8 aromatic rings. The molecule has 1 nitrogen and oxygen atoms in total. The minimum atomic E-state index is 0.247. The number of hydrogen-bond donors (Lipinski definition) is 1. The van der Waals surface area contributed by atoms with Gasteiger partial charge in [0, 0.05) is 0 Å². The van der Waals surface area contributed by atoms with E-state index in [1.807, 2.05) is 18.2 Å². The van der Waals surface area contributed by atoms with Crippen molar-refractivity contribution in [1.82, 2.24) is 0 Å². The number of rotatable bonds is 5. The van der Waals surface area contributed by atoms with Crippen LogP contribution in [0.25, 0.3) is 77.2 Å². The molecule has 0 fully saturated rings. The lowest BCUT2D eigenvalue weighted by molar-refractivity contribution is 0.476. The van der Waals surface area contributed by atoms with Crippen molar-refractivity contribution in [3.8, 4) is 61.4 Å². The average Bonchev–Trinajstić information content (AvgIpc) is 3.11. The second-order valence-electron chi connectivity index (χ2n) is 11.5. The molecule has 0 aliphatic rings. The van der Waals surface area contributed by atoms with Crippen LogP contribution in [0.5, 0.6) is 5.75 Å². The molecule has 212 valence electrons. The maximum absolute atomic E-state index is 11.2. The van der Waals surface area contributed by atoms with E-state index >= 15 is 0 Å². The van der Waals surface area contributed by atoms with Gasteiger partial charge in [0.25, 0.3) is 0 Å². The Bertz CT molecular complexity index is 2300. The Hall–Kier alpha value is -5.92. The molecule has 0 heterocycles. The molecule has 0 amide bonds. The maximum atomic E-state index is 11.2. The lowest BCUT2D eigenvalue weighted by atomic mass is 9.84. The van der Waals surface area contributed by atoms with Gasteiger partial charge in [-0.15, -0.1) is 0 Å². The largest absolute Gasteiger partial charge is 0.508 e. The van der Waals surface area contributed by atoms with Gasteiger partial charge in [0.1, 0.15) is 5.75 Å². The summed E-state index contributed by atoms with van der Waals surface area (Å²) in [5, 5.41) is 16.0. The standard InChI is InChI=1S/C44H30O/c45-38-28-36(35-17-11-16-34(26-35)32-24-22-31(23-25-32)30-12-3-1-4-13-30)27-37(29-38)44-42-21-10-8-19-40(42)39-18-7-9-20-41(39)43(44)33-14-5-2-6-15-33/h1-29,45H. The van der Waals surface area contributed by atoms with Crippen molar-refractivity contribution in [3.63, 3.8) is 0 Å². The van der Waals surface area contributed by atoms with Crippen molar-refractivity contribution in [1.29, 1.82) is 0 Å². The number of benzene rings is 8. The summed E-state index contributed by atoms with van der Waals surface area (Å²) in [7, 11) is 0. The first-order valence-corrected chi connectivity index (χ1v) is 15.3. The number of aromatic hydroxyl groups is 1. The molecular formula is C44H30O. The topological polar surface area (TPSA) is 20.2 Å². The zero-order chi connectivity index (χ0) is 30.2. The Morgan fingerprint density at radius 3 is 1.22 bits per heavy atom. The molecule has 0 atom stereocenters. The molecule has 0 bridgehead atoms. The van der Waals surface area contributed by atoms with Gasteiger partial charge in [0.2, 0.25) is 0 Å². The summed E-state index contributed by atoms with van der Waals surface area (Å²) in [5.41, 5.74) is 11.2. The molecule has 1 heteroatoms. The van der Waals surface area contributed by atoms with Gasteiger partial charge in [0.05, 0.1) is 0 Å². The van der Waals surface area contributed by atoms with Gasteiger partial charge >= 0.3 is 0 Å². The first-order valence-electron chi connectivity index (χ1n) is 15.3. The first kappa shape index (κ1) is 26.7. The monoisotopic (exact) mass is 574 g/mol. The Balaban J connectivity index is 1.29. The molecule has 8 aromatic carbocycles. The van der Waals surface area contributed by atoms with Crippen LogP contribution >= 0.6 is 0 Å². The third-order valence-electron chi connectivity index (χ3n) is 8.72. The summed E-state index contributed by atoms with van der Waals surface area (Å²) in [6, 6.07) is 61.6. The minimum absolute atomic E-state index is 0.247. The van der Waals surface area contributed by atoms with E-state index in [-0.39, 0.29) is 5.75 Å². The smallest absolute Gasteiger partial charge is 0.116 e. The molecule has 0 aliphatic heterocycles. The Morgan fingerprint density at radius 1 is 0.244 bits per heavy atom. The van der Waals surface area contributed by atoms with Crippen molar-refractivity contribution in [2.24, 2.45) is 0 Å². The number of fused-ring (bicyclic) bond motifs is 3. The fourth-order valence-electron chi connectivity index (χ4n) is 6.63. The van der Waals surface area contributed by atoms with Crippen LogP contribution in [0.4, 0.5) is 0 Å². The molecule has 0 radical (unpaired) electrons. The Labute approximate surface area is 263 Å². The Morgan fingerprint density at radius 2 is 0.622 bits per heavy atom. The van der Waals surface area contributed by atoms with Crippen LogP contribution in [-0.4, -0.2) is 5.11 Å². The van der Waals surface area contributed by atoms with Gasteiger partial charge in [-0.1, -0.05) is 152 Å². The summed E-state index contributed by atoms with van der Waals surface area (Å²) in [4.78, 5) is 0. The van der Waals surface area contributed by atoms with Crippen LogP contribution in [0.15, 0.2) is 176 Å². The molecule has 0 unspecified atom stereocenters. The van der Waals surface area contributed by atoms with Crippen molar-refractivity contribution in [2.75, 3.05) is 0 Å². The van der Waals surface area contributed by atoms with E-state index in [9.17, 15) is 5.11 Å². The second-order valence-corrected chi connectivity index (χ2v) is 11.5. The average molecular weight is 575 g/mol. The van der Waals surface area contributed by atoms with Crippen LogP contribution in [0.3, 0.4) is 0 Å². The van der Waals surface area contributed by atoms with E-state index in [0.29, 0.717) is 0 Å². The van der Waals surface area contributed by atoms with E-state index in [1.165, 1.54) is 38.2 Å². The summed E-state index contributed by atoms with van der Waals surface area (Å²) in [5.74, 6) is 0.247. The van der Waals surface area contributed by atoms with E-state index < -0.39 is 0 Å². The number of hydrogen-bond acceptors (Lipinski definition) is 1. The van der Waals surface area contributed by atoms with Gasteiger partial charge in [-0.3, -0.25) is 0 Å². The lowest BCUT2D eigenvalue weighted by Crippen LogP contribution is -1.92. The van der Waals surface area contributed by atoms with E-state index in [1.54, 1.807) is 0 Å². The minimum Gasteiger partial charge on any atom is -0.508 e. The maximum Gasteiger partial charge on any atom is 0.116 e. The molecule has 0 saturated heterocycles. The third-order valence-corrected chi connectivity index (χ3v) is 8.72. The van der Waals surface area contributed by atoms with Crippen molar-refractivity contribution in [3.05, 3.63) is 176 Å². The van der Waals surface area contributed by atoms with E-state index in [2.05, 4.69) is 158 Å². The van der Waals surface area contributed by atoms with Crippen LogP contribution in [0.1, 0.15) is 0 Å². The molecule has 0 saturated carbocycles. The van der Waals surface area contributed by atoms with Gasteiger partial charge < -0.3 is 5.11 Å². The van der Waals surface area contributed by atoms with E-state index in [4.69, 9.17) is 0 Å². The molecular weight excluding hydrogens is 544 g/mol. The third kappa shape index (κ3) is 4.95. The highest BCUT2D eigenvalue weighted by molar-refractivity contribution is 6.21. The predicted molar refractivity (Wildman–Crippen MR) is 190 cm³/mol. The predicted octanol–water partition coefficient (Wildman–Crippen LogP) is 12.0. The molecule has 1 N–H and O–H groups in total. The van der Waals surface area contributed by atoms with Crippen LogP contribution in [-0.2, 0) is 0 Å². The summed E-state index contributed by atoms with van der Waals surface area (Å²) >= 11 is 0. The molecule has 8 rings (SSSR count). The van der Waals surface area contributed by atoms with Crippen molar-refractivity contribution < 1.29 is 5.11 Å². The van der Waals surface area contributed by atoms with Crippen LogP contribution in [0, 0.1) is 0 Å². The fraction of sp³-hybridized carbons (Fsp3) is 0. The highest BCUT2D eigenvalue weighted by atomic mass is 16.3. The van der Waals surface area contributed by atoms with Crippen LogP contribution < -0.4 is 0 Å². The number of phenolic OH excluding ortho intramolecular Hbond substituents is 1. The fourth-order valence-corrected chi connectivity index (χ4v) is 6.63. The molecule has 0 aliphatic carbocycles. The van der Waals surface area contributed by atoms with Crippen molar-refractivity contribution in [2.45, 2.75) is 0 Å². The zero-order valence-electron chi connectivity index (χ0n) is 24.7. The zero-order valence-corrected chi connectivity index (χ0v) is 24.7. The van der Waals surface area contributed by atoms with Gasteiger partial charge in [-0.25, -0.2) is 0 Å². The molecule has 0 aromatic heterocycles. The first-order chi connectivity index (χ1) is 22.2. The second kappa shape index (κ2) is 11.3. The van der Waals surface area contributed by atoms with Gasteiger partial charge in [-0.05, 0) is 101 Å². The van der Waals surface area contributed by atoms with Crippen LogP contribution in [0.2, 0.25) is 0 Å². The highest BCUT2D eigenvalue weighted by Gasteiger charge is 2.18. The summed E-state index contributed by atoms with van der Waals surface area (Å²) < 4.78 is 0. The van der Waals surface area contributed by atoms with Crippen molar-refractivity contribution >= 4 is 21.5 Å². The highest BCUT2D eigenvalue weighted by Crippen LogP contribution is 2.46. The molecule has 0 spiro atoms. The normalized spacial score (nSPS) is 11.2.